The van der Waals surface area contributed by atoms with Crippen molar-refractivity contribution in [2.24, 2.45) is 0 Å². The highest BCUT2D eigenvalue weighted by Crippen LogP contribution is 2.38. The van der Waals surface area contributed by atoms with Gasteiger partial charge in [-0.1, -0.05) is 24.3 Å². The Balaban J connectivity index is 1.31. The quantitative estimate of drug-likeness (QED) is 0.764. The van der Waals surface area contributed by atoms with Crippen LogP contribution in [0.15, 0.2) is 53.1 Å². The van der Waals surface area contributed by atoms with E-state index in [0.29, 0.717) is 18.4 Å². The smallest absolute Gasteiger partial charge is 0.266 e. The molecule has 2 aliphatic rings. The maximum Gasteiger partial charge on any atom is 0.266 e. The lowest BCUT2D eigenvalue weighted by molar-refractivity contribution is 0.129. The molecule has 27 heavy (non-hydrogen) atoms. The van der Waals surface area contributed by atoms with E-state index in [-0.39, 0.29) is 12.7 Å². The number of hydrogen-bond acceptors (Lipinski definition) is 7. The molecule has 7 nitrogen and oxygen atoms in total. The maximum absolute atomic E-state index is 10.7. The van der Waals surface area contributed by atoms with Gasteiger partial charge in [-0.3, -0.25) is 0 Å². The summed E-state index contributed by atoms with van der Waals surface area (Å²) in [6.45, 7) is 1.44. The first kappa shape index (κ1) is 16.1. The second kappa shape index (κ2) is 6.59. The Kier molecular flexibility index (Phi) is 3.94. The van der Waals surface area contributed by atoms with Crippen LogP contribution in [0, 0.1) is 0 Å². The second-order valence-corrected chi connectivity index (χ2v) is 6.79. The number of piperidine rings is 1. The molecule has 5 rings (SSSR count). The van der Waals surface area contributed by atoms with Crippen molar-refractivity contribution in [1.82, 2.24) is 10.1 Å². The van der Waals surface area contributed by atoms with Gasteiger partial charge in [-0.2, -0.15) is 4.98 Å². The molecule has 138 valence electrons. The first-order valence-corrected chi connectivity index (χ1v) is 8.99. The monoisotopic (exact) mass is 365 g/mol. The number of benzene rings is 2. The summed E-state index contributed by atoms with van der Waals surface area (Å²) in [5.41, 5.74) is 1.94. The van der Waals surface area contributed by atoms with Crippen molar-refractivity contribution in [3.05, 3.63) is 54.1 Å². The number of β-amino-alcohol motifs (C(OH)–C–C–N with tert-alkyl or cyclic N) is 1. The molecule has 0 amide bonds. The molecular formula is C20H19N3O4. The number of aliphatic hydroxyl groups excluding tert-OH is 1. The van der Waals surface area contributed by atoms with Gasteiger partial charge in [-0.25, -0.2) is 0 Å². The minimum Gasteiger partial charge on any atom is -0.454 e. The van der Waals surface area contributed by atoms with Gasteiger partial charge in [-0.15, -0.1) is 0 Å². The lowest BCUT2D eigenvalue weighted by atomic mass is 9.87. The lowest BCUT2D eigenvalue weighted by Crippen LogP contribution is -2.43. The number of aliphatic hydroxyl groups is 1. The molecule has 1 fully saturated rings. The Labute approximate surface area is 156 Å². The molecule has 0 radical (unpaired) electrons. The van der Waals surface area contributed by atoms with Crippen LogP contribution in [0.25, 0.3) is 11.5 Å². The van der Waals surface area contributed by atoms with E-state index in [9.17, 15) is 5.11 Å². The number of ether oxygens (including phenoxy) is 2. The zero-order valence-electron chi connectivity index (χ0n) is 14.6. The van der Waals surface area contributed by atoms with E-state index >= 15 is 0 Å². The summed E-state index contributed by atoms with van der Waals surface area (Å²) in [6.07, 6.45) is 0.258. The van der Waals surface area contributed by atoms with Crippen molar-refractivity contribution in [3.63, 3.8) is 0 Å². The largest absolute Gasteiger partial charge is 0.454 e. The molecule has 7 heteroatoms. The molecule has 0 unspecified atom stereocenters. The minimum atomic E-state index is -0.530. The van der Waals surface area contributed by atoms with Gasteiger partial charge in [0.25, 0.3) is 11.8 Å². The predicted octanol–water partition coefficient (Wildman–Crippen LogP) is 2.82. The topological polar surface area (TPSA) is 80.9 Å². The fourth-order valence-electron chi connectivity index (χ4n) is 3.69. The third-order valence-corrected chi connectivity index (χ3v) is 5.13. The van der Waals surface area contributed by atoms with Gasteiger partial charge >= 0.3 is 0 Å². The van der Waals surface area contributed by atoms with Gasteiger partial charge in [0.15, 0.2) is 11.5 Å². The summed E-state index contributed by atoms with van der Waals surface area (Å²) in [7, 11) is 0. The predicted molar refractivity (Wildman–Crippen MR) is 97.9 cm³/mol. The van der Waals surface area contributed by atoms with E-state index in [1.165, 1.54) is 0 Å². The van der Waals surface area contributed by atoms with Gasteiger partial charge in [0.1, 0.15) is 0 Å². The Morgan fingerprint density at radius 1 is 1.04 bits per heavy atom. The third kappa shape index (κ3) is 3.00. The Bertz CT molecular complexity index is 943. The van der Waals surface area contributed by atoms with Gasteiger partial charge in [0.2, 0.25) is 6.79 Å². The first-order valence-electron chi connectivity index (χ1n) is 8.99. The number of aromatic nitrogens is 2. The van der Waals surface area contributed by atoms with Crippen LogP contribution >= 0.6 is 0 Å². The SMILES string of the molecule is O[C@@H]1CN(c2noc(-c3ccccc3)n2)CC[C@H]1c1ccc2c(c1)OCO2. The molecule has 1 N–H and O–H groups in total. The molecular weight excluding hydrogens is 346 g/mol. The molecule has 0 saturated carbocycles. The molecule has 3 heterocycles. The van der Waals surface area contributed by atoms with Gasteiger partial charge in [0.05, 0.1) is 6.10 Å². The van der Waals surface area contributed by atoms with E-state index in [0.717, 1.165) is 35.6 Å². The molecule has 3 aromatic rings. The number of hydrogen-bond donors (Lipinski definition) is 1. The van der Waals surface area contributed by atoms with Crippen LogP contribution in [0.2, 0.25) is 0 Å². The molecule has 1 saturated heterocycles. The van der Waals surface area contributed by atoms with E-state index < -0.39 is 6.10 Å². The van der Waals surface area contributed by atoms with E-state index in [4.69, 9.17) is 14.0 Å². The van der Waals surface area contributed by atoms with Crippen molar-refractivity contribution in [1.29, 1.82) is 0 Å². The van der Waals surface area contributed by atoms with Crippen LogP contribution in [0.5, 0.6) is 11.5 Å². The number of anilines is 1. The number of rotatable bonds is 3. The third-order valence-electron chi connectivity index (χ3n) is 5.13. The average molecular weight is 365 g/mol. The van der Waals surface area contributed by atoms with Crippen molar-refractivity contribution < 1.29 is 19.1 Å². The Morgan fingerprint density at radius 2 is 1.89 bits per heavy atom. The molecule has 2 aliphatic heterocycles. The highest BCUT2D eigenvalue weighted by Gasteiger charge is 2.32. The summed E-state index contributed by atoms with van der Waals surface area (Å²) in [5, 5.41) is 14.8. The fraction of sp³-hybridized carbons (Fsp3) is 0.300. The van der Waals surface area contributed by atoms with Crippen molar-refractivity contribution >= 4 is 5.95 Å². The van der Waals surface area contributed by atoms with Crippen molar-refractivity contribution in [2.45, 2.75) is 18.4 Å². The molecule has 0 bridgehead atoms. The summed E-state index contributed by atoms with van der Waals surface area (Å²) >= 11 is 0. The van der Waals surface area contributed by atoms with Crippen LogP contribution in [0.4, 0.5) is 5.95 Å². The fourth-order valence-corrected chi connectivity index (χ4v) is 3.69. The summed E-state index contributed by atoms with van der Waals surface area (Å²) in [4.78, 5) is 6.45. The first-order chi connectivity index (χ1) is 13.3. The number of fused-ring (bicyclic) bond motifs is 1. The average Bonchev–Trinajstić information content (AvgIpc) is 3.38. The van der Waals surface area contributed by atoms with E-state index in [1.54, 1.807) is 0 Å². The van der Waals surface area contributed by atoms with Gasteiger partial charge in [0, 0.05) is 24.6 Å². The maximum atomic E-state index is 10.7. The van der Waals surface area contributed by atoms with Crippen LogP contribution in [0.3, 0.4) is 0 Å². The van der Waals surface area contributed by atoms with Crippen LogP contribution < -0.4 is 14.4 Å². The summed E-state index contributed by atoms with van der Waals surface area (Å²) in [5.74, 6) is 2.53. The van der Waals surface area contributed by atoms with Crippen LogP contribution in [-0.4, -0.2) is 41.2 Å². The van der Waals surface area contributed by atoms with Crippen LogP contribution in [-0.2, 0) is 0 Å². The second-order valence-electron chi connectivity index (χ2n) is 6.79. The highest BCUT2D eigenvalue weighted by atomic mass is 16.7. The molecule has 0 spiro atoms. The molecule has 0 aliphatic carbocycles. The van der Waals surface area contributed by atoms with Crippen LogP contribution in [0.1, 0.15) is 17.9 Å². The van der Waals surface area contributed by atoms with E-state index in [2.05, 4.69) is 10.1 Å². The zero-order chi connectivity index (χ0) is 18.2. The molecule has 2 aromatic carbocycles. The Hall–Kier alpha value is -3.06. The van der Waals surface area contributed by atoms with Gasteiger partial charge < -0.3 is 24.0 Å². The zero-order valence-corrected chi connectivity index (χ0v) is 14.6. The molecule has 2 atom stereocenters. The minimum absolute atomic E-state index is 0.0382. The van der Waals surface area contributed by atoms with Crippen molar-refractivity contribution in [2.75, 3.05) is 24.8 Å². The standard InChI is InChI=1S/C20H19N3O4/c24-16-11-23(20-21-19(27-22-20)13-4-2-1-3-5-13)9-8-15(16)14-6-7-17-18(10-14)26-12-25-17/h1-7,10,15-16,24H,8-9,11-12H2/t15-,16+/m0/s1. The van der Waals surface area contributed by atoms with Gasteiger partial charge in [-0.05, 0) is 41.4 Å². The summed E-state index contributed by atoms with van der Waals surface area (Å²) in [6, 6.07) is 15.5. The normalized spacial score (nSPS) is 21.4. The lowest BCUT2D eigenvalue weighted by Gasteiger charge is -2.35. The summed E-state index contributed by atoms with van der Waals surface area (Å²) < 4.78 is 16.2. The molecule has 1 aromatic heterocycles. The van der Waals surface area contributed by atoms with E-state index in [1.807, 2.05) is 53.4 Å². The Morgan fingerprint density at radius 3 is 2.74 bits per heavy atom. The van der Waals surface area contributed by atoms with Crippen molar-refractivity contribution in [3.8, 4) is 23.0 Å². The number of nitrogens with zero attached hydrogens (tertiary/aromatic N) is 3. The highest BCUT2D eigenvalue weighted by molar-refractivity contribution is 5.54.